The van der Waals surface area contributed by atoms with Gasteiger partial charge in [-0.15, -0.1) is 0 Å². The van der Waals surface area contributed by atoms with E-state index < -0.39 is 10.0 Å². The molecule has 0 aliphatic heterocycles. The van der Waals surface area contributed by atoms with Crippen LogP contribution in [-0.2, 0) is 22.9 Å². The van der Waals surface area contributed by atoms with Gasteiger partial charge in [-0.1, -0.05) is 18.2 Å². The number of rotatable bonds is 7. The molecule has 0 amide bonds. The van der Waals surface area contributed by atoms with Gasteiger partial charge >= 0.3 is 0 Å². The zero-order valence-electron chi connectivity index (χ0n) is 16.9. The van der Waals surface area contributed by atoms with Gasteiger partial charge < -0.3 is 9.47 Å². The zero-order chi connectivity index (χ0) is 21.0. The van der Waals surface area contributed by atoms with Crippen LogP contribution in [0.1, 0.15) is 30.9 Å². The summed E-state index contributed by atoms with van der Waals surface area (Å²) in [4.78, 5) is 0.277. The Labute approximate surface area is 177 Å². The van der Waals surface area contributed by atoms with Gasteiger partial charge in [0.15, 0.2) is 5.75 Å². The summed E-state index contributed by atoms with van der Waals surface area (Å²) in [7, 11) is -3.73. The molecule has 3 aromatic rings. The third-order valence-corrected chi connectivity index (χ3v) is 6.49. The predicted molar refractivity (Wildman–Crippen MR) is 118 cm³/mol. The Morgan fingerprint density at radius 3 is 2.33 bits per heavy atom. The van der Waals surface area contributed by atoms with Crippen molar-refractivity contribution >= 4 is 15.7 Å². The molecule has 0 aromatic heterocycles. The maximum atomic E-state index is 13.0. The molecule has 0 atom stereocenters. The third-order valence-electron chi connectivity index (χ3n) is 5.12. The molecule has 0 spiro atoms. The first-order valence-electron chi connectivity index (χ1n) is 10.2. The SMILES string of the molecule is CCOc1ccc(Oc2ccccc2NS(=O)(=O)c2ccc3c(c2)CCCC3)cc1. The number of nitrogens with one attached hydrogen (secondary N) is 1. The molecule has 3 aromatic carbocycles. The highest BCUT2D eigenvalue weighted by molar-refractivity contribution is 7.92. The first-order chi connectivity index (χ1) is 14.5. The summed E-state index contributed by atoms with van der Waals surface area (Å²) in [6.45, 7) is 2.52. The minimum Gasteiger partial charge on any atom is -0.494 e. The van der Waals surface area contributed by atoms with Gasteiger partial charge in [0.1, 0.15) is 11.5 Å². The highest BCUT2D eigenvalue weighted by Crippen LogP contribution is 2.32. The van der Waals surface area contributed by atoms with E-state index >= 15 is 0 Å². The number of fused-ring (bicyclic) bond motifs is 1. The van der Waals surface area contributed by atoms with Crippen molar-refractivity contribution in [2.24, 2.45) is 0 Å². The Balaban J connectivity index is 1.56. The first kappa shape index (κ1) is 20.3. The van der Waals surface area contributed by atoms with Gasteiger partial charge in [-0.05, 0) is 92.3 Å². The lowest BCUT2D eigenvalue weighted by Gasteiger charge is -2.18. The minimum atomic E-state index is -3.73. The molecule has 1 aliphatic rings. The van der Waals surface area contributed by atoms with Crippen molar-refractivity contribution < 1.29 is 17.9 Å². The highest BCUT2D eigenvalue weighted by Gasteiger charge is 2.19. The van der Waals surface area contributed by atoms with Crippen molar-refractivity contribution in [2.75, 3.05) is 11.3 Å². The lowest BCUT2D eigenvalue weighted by Crippen LogP contribution is -2.15. The molecule has 1 aliphatic carbocycles. The smallest absolute Gasteiger partial charge is 0.262 e. The van der Waals surface area contributed by atoms with Crippen LogP contribution in [-0.4, -0.2) is 15.0 Å². The Hall–Kier alpha value is -2.99. The molecular weight excluding hydrogens is 398 g/mol. The van der Waals surface area contributed by atoms with E-state index in [-0.39, 0.29) is 4.90 Å². The summed E-state index contributed by atoms with van der Waals surface area (Å²) < 4.78 is 40.1. The van der Waals surface area contributed by atoms with Crippen molar-refractivity contribution in [3.63, 3.8) is 0 Å². The minimum absolute atomic E-state index is 0.277. The lowest BCUT2D eigenvalue weighted by atomic mass is 9.92. The molecule has 0 unspecified atom stereocenters. The van der Waals surface area contributed by atoms with Crippen LogP contribution in [0.3, 0.4) is 0 Å². The average Bonchev–Trinajstić information content (AvgIpc) is 2.76. The van der Waals surface area contributed by atoms with Crippen LogP contribution in [0.2, 0.25) is 0 Å². The van der Waals surface area contributed by atoms with Gasteiger partial charge in [0.25, 0.3) is 10.0 Å². The quantitative estimate of drug-likeness (QED) is 0.541. The Bertz CT molecular complexity index is 1120. The van der Waals surface area contributed by atoms with Crippen molar-refractivity contribution in [3.05, 3.63) is 77.9 Å². The lowest BCUT2D eigenvalue weighted by molar-refractivity contribution is 0.339. The van der Waals surface area contributed by atoms with Gasteiger partial charge in [-0.25, -0.2) is 8.42 Å². The first-order valence-corrected chi connectivity index (χ1v) is 11.7. The monoisotopic (exact) mass is 423 g/mol. The van der Waals surface area contributed by atoms with Gasteiger partial charge in [0.2, 0.25) is 0 Å². The number of para-hydroxylation sites is 2. The molecule has 0 radical (unpaired) electrons. The summed E-state index contributed by atoms with van der Waals surface area (Å²) >= 11 is 0. The second kappa shape index (κ2) is 8.79. The zero-order valence-corrected chi connectivity index (χ0v) is 17.7. The average molecular weight is 424 g/mol. The van der Waals surface area contributed by atoms with E-state index in [0.29, 0.717) is 23.8 Å². The fraction of sp³-hybridized carbons (Fsp3) is 0.250. The van der Waals surface area contributed by atoms with Crippen LogP contribution in [0, 0.1) is 0 Å². The van der Waals surface area contributed by atoms with E-state index in [2.05, 4.69) is 4.72 Å². The number of anilines is 1. The van der Waals surface area contributed by atoms with E-state index in [0.717, 1.165) is 37.0 Å². The Morgan fingerprint density at radius 2 is 1.57 bits per heavy atom. The number of hydrogen-bond acceptors (Lipinski definition) is 4. The molecule has 4 rings (SSSR count). The molecule has 0 saturated heterocycles. The number of aryl methyl sites for hydroxylation is 2. The molecular formula is C24H25NO4S. The van der Waals surface area contributed by atoms with E-state index in [9.17, 15) is 8.42 Å². The molecule has 5 nitrogen and oxygen atoms in total. The number of sulfonamides is 1. The van der Waals surface area contributed by atoms with E-state index in [4.69, 9.17) is 9.47 Å². The fourth-order valence-corrected chi connectivity index (χ4v) is 4.74. The van der Waals surface area contributed by atoms with Crippen LogP contribution in [0.15, 0.2) is 71.6 Å². The second-order valence-electron chi connectivity index (χ2n) is 7.25. The molecule has 30 heavy (non-hydrogen) atoms. The van der Waals surface area contributed by atoms with Crippen molar-refractivity contribution in [2.45, 2.75) is 37.5 Å². The molecule has 1 N–H and O–H groups in total. The molecule has 0 bridgehead atoms. The van der Waals surface area contributed by atoms with Crippen LogP contribution < -0.4 is 14.2 Å². The van der Waals surface area contributed by atoms with Crippen LogP contribution in [0.5, 0.6) is 17.2 Å². The topological polar surface area (TPSA) is 64.6 Å². The van der Waals surface area contributed by atoms with Gasteiger partial charge in [-0.3, -0.25) is 4.72 Å². The van der Waals surface area contributed by atoms with Gasteiger partial charge in [0.05, 0.1) is 17.2 Å². The number of hydrogen-bond donors (Lipinski definition) is 1. The second-order valence-corrected chi connectivity index (χ2v) is 8.93. The number of ether oxygens (including phenoxy) is 2. The normalized spacial score (nSPS) is 13.4. The molecule has 0 heterocycles. The molecule has 0 saturated carbocycles. The molecule has 6 heteroatoms. The Kier molecular flexibility index (Phi) is 5.95. The third kappa shape index (κ3) is 4.60. The summed E-state index contributed by atoms with van der Waals surface area (Å²) in [5, 5.41) is 0. The largest absolute Gasteiger partial charge is 0.494 e. The standard InChI is InChI=1S/C24H25NO4S/c1-2-28-20-12-14-21(15-13-20)29-24-10-6-5-9-23(24)25-30(26,27)22-16-11-18-7-3-4-8-19(18)17-22/h5-6,9-17,25H,2-4,7-8H2,1H3. The summed E-state index contributed by atoms with van der Waals surface area (Å²) in [5.74, 6) is 1.79. The fourth-order valence-electron chi connectivity index (χ4n) is 3.62. The molecule has 0 fully saturated rings. The van der Waals surface area contributed by atoms with Crippen LogP contribution >= 0.6 is 0 Å². The van der Waals surface area contributed by atoms with Crippen LogP contribution in [0.4, 0.5) is 5.69 Å². The van der Waals surface area contributed by atoms with Gasteiger partial charge in [0, 0.05) is 0 Å². The van der Waals surface area contributed by atoms with Crippen molar-refractivity contribution in [3.8, 4) is 17.2 Å². The number of benzene rings is 3. The highest BCUT2D eigenvalue weighted by atomic mass is 32.2. The Morgan fingerprint density at radius 1 is 0.867 bits per heavy atom. The summed E-state index contributed by atoms with van der Waals surface area (Å²) in [6, 6.07) is 19.6. The van der Waals surface area contributed by atoms with Crippen LogP contribution in [0.25, 0.3) is 0 Å². The maximum Gasteiger partial charge on any atom is 0.262 e. The predicted octanol–water partition coefficient (Wildman–Crippen LogP) is 5.56. The maximum absolute atomic E-state index is 13.0. The van der Waals surface area contributed by atoms with Crippen molar-refractivity contribution in [1.82, 2.24) is 0 Å². The molecule has 156 valence electrons. The van der Waals surface area contributed by atoms with Crippen molar-refractivity contribution in [1.29, 1.82) is 0 Å². The summed E-state index contributed by atoms with van der Waals surface area (Å²) in [5.41, 5.74) is 2.77. The van der Waals surface area contributed by atoms with E-state index in [1.807, 2.05) is 25.1 Å². The summed E-state index contributed by atoms with van der Waals surface area (Å²) in [6.07, 6.45) is 4.20. The van der Waals surface area contributed by atoms with E-state index in [1.165, 1.54) is 5.56 Å². The van der Waals surface area contributed by atoms with E-state index in [1.54, 1.807) is 48.5 Å². The van der Waals surface area contributed by atoms with Gasteiger partial charge in [-0.2, -0.15) is 0 Å².